The average molecular weight is 264 g/mol. The topological polar surface area (TPSA) is 74.4 Å². The van der Waals surface area contributed by atoms with Crippen LogP contribution in [0, 0.1) is 5.92 Å². The van der Waals surface area contributed by atoms with Crippen LogP contribution in [0.15, 0.2) is 24.5 Å². The molecule has 5 nitrogen and oxygen atoms in total. The fraction of sp³-hybridized carbons (Fsp3) is 0.571. The Labute approximate surface area is 113 Å². The van der Waals surface area contributed by atoms with Crippen molar-refractivity contribution in [2.24, 2.45) is 11.7 Å². The molecule has 1 amide bonds. The van der Waals surface area contributed by atoms with Gasteiger partial charge >= 0.3 is 6.09 Å². The number of hydrogen-bond donors (Lipinski definition) is 1. The van der Waals surface area contributed by atoms with E-state index in [4.69, 9.17) is 15.2 Å². The fourth-order valence-corrected chi connectivity index (χ4v) is 2.40. The van der Waals surface area contributed by atoms with E-state index in [1.807, 2.05) is 12.1 Å². The van der Waals surface area contributed by atoms with Crippen molar-refractivity contribution < 1.29 is 14.3 Å². The van der Waals surface area contributed by atoms with Gasteiger partial charge in [-0.05, 0) is 49.3 Å². The van der Waals surface area contributed by atoms with E-state index < -0.39 is 6.09 Å². The molecule has 0 bridgehead atoms. The Kier molecular flexibility index (Phi) is 5.15. The zero-order valence-electron chi connectivity index (χ0n) is 11.0. The van der Waals surface area contributed by atoms with Gasteiger partial charge < -0.3 is 15.2 Å². The first-order chi connectivity index (χ1) is 9.24. The minimum absolute atomic E-state index is 0.00560. The van der Waals surface area contributed by atoms with Crippen LogP contribution >= 0.6 is 0 Å². The van der Waals surface area contributed by atoms with Crippen LogP contribution < -0.4 is 5.73 Å². The van der Waals surface area contributed by atoms with Crippen molar-refractivity contribution >= 4 is 6.09 Å². The Morgan fingerprint density at radius 3 is 2.58 bits per heavy atom. The van der Waals surface area contributed by atoms with Gasteiger partial charge in [-0.15, -0.1) is 0 Å². The van der Waals surface area contributed by atoms with Crippen molar-refractivity contribution in [2.45, 2.75) is 38.4 Å². The van der Waals surface area contributed by atoms with Crippen molar-refractivity contribution in [1.29, 1.82) is 0 Å². The van der Waals surface area contributed by atoms with Crippen molar-refractivity contribution in [3.63, 3.8) is 0 Å². The SMILES string of the molecule is NC(=O)OC1CCC(COCc2ccncc2)CC1. The number of nitrogens with two attached hydrogens (primary N) is 1. The molecule has 1 aromatic heterocycles. The van der Waals surface area contributed by atoms with Crippen LogP contribution in [0.4, 0.5) is 4.79 Å². The van der Waals surface area contributed by atoms with Gasteiger partial charge in [-0.1, -0.05) is 0 Å². The van der Waals surface area contributed by atoms with E-state index in [0.29, 0.717) is 12.5 Å². The summed E-state index contributed by atoms with van der Waals surface area (Å²) in [6.07, 6.45) is 6.67. The maximum Gasteiger partial charge on any atom is 0.404 e. The van der Waals surface area contributed by atoms with Crippen molar-refractivity contribution in [1.82, 2.24) is 4.98 Å². The number of aromatic nitrogens is 1. The summed E-state index contributed by atoms with van der Waals surface area (Å²) >= 11 is 0. The lowest BCUT2D eigenvalue weighted by molar-refractivity contribution is 0.0349. The van der Waals surface area contributed by atoms with E-state index in [9.17, 15) is 4.79 Å². The van der Waals surface area contributed by atoms with Gasteiger partial charge in [-0.3, -0.25) is 4.98 Å². The standard InChI is InChI=1S/C14H20N2O3/c15-14(17)19-13-3-1-11(2-4-13)9-18-10-12-5-7-16-8-6-12/h5-8,11,13H,1-4,9-10H2,(H2,15,17). The van der Waals surface area contributed by atoms with E-state index in [1.165, 1.54) is 0 Å². The van der Waals surface area contributed by atoms with Crippen LogP contribution in [0.5, 0.6) is 0 Å². The summed E-state index contributed by atoms with van der Waals surface area (Å²) in [5.41, 5.74) is 6.15. The lowest BCUT2D eigenvalue weighted by Gasteiger charge is -2.27. The predicted molar refractivity (Wildman–Crippen MR) is 70.3 cm³/mol. The Morgan fingerprint density at radius 2 is 1.95 bits per heavy atom. The van der Waals surface area contributed by atoms with Crippen molar-refractivity contribution in [2.75, 3.05) is 6.61 Å². The van der Waals surface area contributed by atoms with Gasteiger partial charge in [0, 0.05) is 19.0 Å². The highest BCUT2D eigenvalue weighted by Crippen LogP contribution is 2.26. The lowest BCUT2D eigenvalue weighted by Crippen LogP contribution is -2.28. The number of primary amides is 1. The molecule has 2 N–H and O–H groups in total. The molecule has 1 aromatic rings. The van der Waals surface area contributed by atoms with Gasteiger partial charge in [0.25, 0.3) is 0 Å². The molecule has 0 radical (unpaired) electrons. The largest absolute Gasteiger partial charge is 0.446 e. The molecule has 0 aromatic carbocycles. The second-order valence-corrected chi connectivity index (χ2v) is 4.95. The molecule has 0 unspecified atom stereocenters. The summed E-state index contributed by atoms with van der Waals surface area (Å²) in [6.45, 7) is 1.38. The Bertz CT molecular complexity index is 389. The molecule has 1 saturated carbocycles. The highest BCUT2D eigenvalue weighted by molar-refractivity contribution is 5.64. The van der Waals surface area contributed by atoms with Crippen LogP contribution in [0.3, 0.4) is 0 Å². The van der Waals surface area contributed by atoms with Gasteiger partial charge in [0.1, 0.15) is 6.10 Å². The predicted octanol–water partition coefficient (Wildman–Crippen LogP) is 2.25. The summed E-state index contributed by atoms with van der Waals surface area (Å²) in [6, 6.07) is 3.91. The molecule has 0 saturated heterocycles. The molecule has 0 aliphatic heterocycles. The van der Waals surface area contributed by atoms with E-state index in [1.54, 1.807) is 12.4 Å². The Balaban J connectivity index is 1.62. The van der Waals surface area contributed by atoms with Crippen LogP contribution in [0.1, 0.15) is 31.2 Å². The minimum atomic E-state index is -0.669. The minimum Gasteiger partial charge on any atom is -0.446 e. The van der Waals surface area contributed by atoms with Gasteiger partial charge in [0.2, 0.25) is 0 Å². The number of nitrogens with zero attached hydrogens (tertiary/aromatic N) is 1. The van der Waals surface area contributed by atoms with Crippen LogP contribution in [-0.2, 0) is 16.1 Å². The molecule has 0 atom stereocenters. The highest BCUT2D eigenvalue weighted by atomic mass is 16.6. The van der Waals surface area contributed by atoms with E-state index in [0.717, 1.165) is 37.9 Å². The zero-order valence-corrected chi connectivity index (χ0v) is 11.0. The molecular weight excluding hydrogens is 244 g/mol. The average Bonchev–Trinajstić information content (AvgIpc) is 2.41. The lowest BCUT2D eigenvalue weighted by atomic mass is 9.88. The molecule has 0 spiro atoms. The second kappa shape index (κ2) is 7.09. The molecule has 1 aliphatic rings. The maximum atomic E-state index is 10.6. The third-order valence-corrected chi connectivity index (χ3v) is 3.45. The normalized spacial score (nSPS) is 22.9. The van der Waals surface area contributed by atoms with Crippen LogP contribution in [0.2, 0.25) is 0 Å². The smallest absolute Gasteiger partial charge is 0.404 e. The summed E-state index contributed by atoms with van der Waals surface area (Å²) in [7, 11) is 0. The summed E-state index contributed by atoms with van der Waals surface area (Å²) in [5, 5.41) is 0. The first kappa shape index (κ1) is 13.8. The molecule has 104 valence electrons. The van der Waals surface area contributed by atoms with Crippen LogP contribution in [-0.4, -0.2) is 23.8 Å². The van der Waals surface area contributed by atoms with Crippen molar-refractivity contribution in [3.8, 4) is 0 Å². The van der Waals surface area contributed by atoms with Crippen molar-refractivity contribution in [3.05, 3.63) is 30.1 Å². The Morgan fingerprint density at radius 1 is 1.26 bits per heavy atom. The number of carbonyl (C=O) groups excluding carboxylic acids is 1. The number of carbonyl (C=O) groups is 1. The number of amides is 1. The van der Waals surface area contributed by atoms with E-state index >= 15 is 0 Å². The number of ether oxygens (including phenoxy) is 2. The summed E-state index contributed by atoms with van der Waals surface area (Å²) in [4.78, 5) is 14.6. The molecule has 5 heteroatoms. The zero-order chi connectivity index (χ0) is 13.5. The second-order valence-electron chi connectivity index (χ2n) is 4.95. The van der Waals surface area contributed by atoms with Gasteiger partial charge in [0.15, 0.2) is 0 Å². The van der Waals surface area contributed by atoms with E-state index in [-0.39, 0.29) is 6.10 Å². The first-order valence-corrected chi connectivity index (χ1v) is 6.67. The van der Waals surface area contributed by atoms with E-state index in [2.05, 4.69) is 4.98 Å². The molecule has 1 aliphatic carbocycles. The molecule has 1 fully saturated rings. The third-order valence-electron chi connectivity index (χ3n) is 3.45. The highest BCUT2D eigenvalue weighted by Gasteiger charge is 2.23. The molecule has 1 heterocycles. The Hall–Kier alpha value is -1.62. The molecule has 19 heavy (non-hydrogen) atoms. The summed E-state index contributed by atoms with van der Waals surface area (Å²) in [5.74, 6) is 0.551. The molecular formula is C14H20N2O3. The fourth-order valence-electron chi connectivity index (χ4n) is 2.40. The number of rotatable bonds is 5. The third kappa shape index (κ3) is 4.87. The maximum absolute atomic E-state index is 10.6. The van der Waals surface area contributed by atoms with Crippen LogP contribution in [0.25, 0.3) is 0 Å². The molecule has 2 rings (SSSR count). The van der Waals surface area contributed by atoms with Gasteiger partial charge in [0.05, 0.1) is 6.61 Å². The quantitative estimate of drug-likeness (QED) is 0.885. The summed E-state index contributed by atoms with van der Waals surface area (Å²) < 4.78 is 10.7. The first-order valence-electron chi connectivity index (χ1n) is 6.67. The number of hydrogen-bond acceptors (Lipinski definition) is 4. The number of pyridine rings is 1. The van der Waals surface area contributed by atoms with Gasteiger partial charge in [-0.25, -0.2) is 4.79 Å². The van der Waals surface area contributed by atoms with Gasteiger partial charge in [-0.2, -0.15) is 0 Å². The monoisotopic (exact) mass is 264 g/mol.